The first kappa shape index (κ1) is 13.9. The fourth-order valence-corrected chi connectivity index (χ4v) is 3.11. The van der Waals surface area contributed by atoms with E-state index in [-0.39, 0.29) is 23.1 Å². The largest absolute Gasteiger partial charge is 0.349 e. The van der Waals surface area contributed by atoms with Crippen LogP contribution in [0.1, 0.15) is 49.9 Å². The zero-order valence-electron chi connectivity index (χ0n) is 12.3. The van der Waals surface area contributed by atoms with Crippen molar-refractivity contribution in [2.24, 2.45) is 5.41 Å². The van der Waals surface area contributed by atoms with Gasteiger partial charge in [-0.15, -0.1) is 0 Å². The van der Waals surface area contributed by atoms with Crippen LogP contribution >= 0.6 is 0 Å². The molecule has 6 heteroatoms. The molecule has 0 saturated heterocycles. The van der Waals surface area contributed by atoms with E-state index in [0.29, 0.717) is 11.2 Å². The third-order valence-electron chi connectivity index (χ3n) is 4.50. The summed E-state index contributed by atoms with van der Waals surface area (Å²) in [6.45, 7) is 4.38. The van der Waals surface area contributed by atoms with Crippen molar-refractivity contribution in [2.75, 3.05) is 0 Å². The molecule has 1 aliphatic carbocycles. The highest BCUT2D eigenvalue weighted by molar-refractivity contribution is 5.99. The van der Waals surface area contributed by atoms with Crippen molar-refractivity contribution in [3.05, 3.63) is 34.4 Å². The number of fused-ring (bicyclic) bond motifs is 1. The van der Waals surface area contributed by atoms with Crippen LogP contribution in [0.4, 0.5) is 0 Å². The van der Waals surface area contributed by atoms with Gasteiger partial charge in [0.15, 0.2) is 5.65 Å². The molecule has 1 saturated carbocycles. The number of nitrogens with one attached hydrogen (secondary N) is 2. The van der Waals surface area contributed by atoms with Crippen molar-refractivity contribution in [1.82, 2.24) is 19.9 Å². The normalized spacial score (nSPS) is 21.3. The van der Waals surface area contributed by atoms with Gasteiger partial charge in [0.2, 0.25) is 0 Å². The summed E-state index contributed by atoms with van der Waals surface area (Å²) in [5.74, 6) is -0.167. The van der Waals surface area contributed by atoms with E-state index in [2.05, 4.69) is 29.4 Å². The molecule has 2 aromatic rings. The third-order valence-corrected chi connectivity index (χ3v) is 4.50. The van der Waals surface area contributed by atoms with Crippen molar-refractivity contribution in [3.63, 3.8) is 0 Å². The number of H-pyrrole nitrogens is 1. The van der Waals surface area contributed by atoms with Crippen LogP contribution in [0, 0.1) is 5.41 Å². The number of pyridine rings is 1. The number of hydrogen-bond acceptors (Lipinski definition) is 3. The zero-order valence-corrected chi connectivity index (χ0v) is 12.3. The SMILES string of the molecule is CC1(C)CCCC[C@@H]1NC(=O)c1cccn2c(=O)[nH]nc12. The van der Waals surface area contributed by atoms with E-state index in [0.717, 1.165) is 19.3 Å². The topological polar surface area (TPSA) is 79.3 Å². The van der Waals surface area contributed by atoms with Crippen LogP contribution < -0.4 is 11.0 Å². The van der Waals surface area contributed by atoms with Crippen molar-refractivity contribution in [1.29, 1.82) is 0 Å². The van der Waals surface area contributed by atoms with Gasteiger partial charge in [-0.05, 0) is 30.4 Å². The molecular weight excluding hydrogens is 268 g/mol. The average molecular weight is 288 g/mol. The number of carbonyl (C=O) groups is 1. The lowest BCUT2D eigenvalue weighted by atomic mass is 9.73. The van der Waals surface area contributed by atoms with Gasteiger partial charge in [-0.3, -0.25) is 4.79 Å². The minimum Gasteiger partial charge on any atom is -0.349 e. The second-order valence-electron chi connectivity index (χ2n) is 6.40. The first-order valence-electron chi connectivity index (χ1n) is 7.36. The molecule has 1 atom stereocenters. The maximum atomic E-state index is 12.5. The molecule has 0 spiro atoms. The minimum absolute atomic E-state index is 0.101. The van der Waals surface area contributed by atoms with Crippen LogP contribution in [-0.2, 0) is 0 Å². The Balaban J connectivity index is 1.89. The Morgan fingerprint density at radius 3 is 3.05 bits per heavy atom. The molecule has 1 aliphatic rings. The summed E-state index contributed by atoms with van der Waals surface area (Å²) < 4.78 is 1.35. The third kappa shape index (κ3) is 2.46. The molecule has 0 aromatic carbocycles. The van der Waals surface area contributed by atoms with Crippen LogP contribution in [0.2, 0.25) is 0 Å². The van der Waals surface area contributed by atoms with Gasteiger partial charge < -0.3 is 5.32 Å². The van der Waals surface area contributed by atoms with Gasteiger partial charge in [0, 0.05) is 12.2 Å². The number of aromatic nitrogens is 3. The second kappa shape index (κ2) is 5.02. The lowest BCUT2D eigenvalue weighted by molar-refractivity contribution is 0.0854. The van der Waals surface area contributed by atoms with Crippen molar-refractivity contribution in [2.45, 2.75) is 45.6 Å². The smallest absolute Gasteiger partial charge is 0.347 e. The number of aromatic amines is 1. The van der Waals surface area contributed by atoms with Gasteiger partial charge in [0.25, 0.3) is 5.91 Å². The summed E-state index contributed by atoms with van der Waals surface area (Å²) in [5, 5.41) is 9.42. The van der Waals surface area contributed by atoms with Gasteiger partial charge in [-0.1, -0.05) is 26.7 Å². The van der Waals surface area contributed by atoms with Crippen molar-refractivity contribution >= 4 is 11.6 Å². The predicted molar refractivity (Wildman–Crippen MR) is 79.3 cm³/mol. The van der Waals surface area contributed by atoms with Crippen molar-refractivity contribution < 1.29 is 4.79 Å². The van der Waals surface area contributed by atoms with E-state index in [1.54, 1.807) is 18.3 Å². The van der Waals surface area contributed by atoms with Crippen LogP contribution in [0.25, 0.3) is 5.65 Å². The summed E-state index contributed by atoms with van der Waals surface area (Å²) in [4.78, 5) is 24.1. The molecule has 112 valence electrons. The quantitative estimate of drug-likeness (QED) is 0.883. The minimum atomic E-state index is -0.336. The van der Waals surface area contributed by atoms with Gasteiger partial charge in [-0.25, -0.2) is 14.3 Å². The number of amides is 1. The van der Waals surface area contributed by atoms with E-state index in [4.69, 9.17) is 0 Å². The summed E-state index contributed by atoms with van der Waals surface area (Å²) in [6.07, 6.45) is 6.06. The molecule has 0 radical (unpaired) electrons. The monoisotopic (exact) mass is 288 g/mol. The van der Waals surface area contributed by atoms with Gasteiger partial charge >= 0.3 is 5.69 Å². The van der Waals surface area contributed by atoms with Gasteiger partial charge in [0.1, 0.15) is 0 Å². The fourth-order valence-electron chi connectivity index (χ4n) is 3.11. The maximum Gasteiger partial charge on any atom is 0.347 e. The van der Waals surface area contributed by atoms with E-state index < -0.39 is 0 Å². The highest BCUT2D eigenvalue weighted by Crippen LogP contribution is 2.35. The molecule has 0 aliphatic heterocycles. The molecule has 1 amide bonds. The Morgan fingerprint density at radius 1 is 1.48 bits per heavy atom. The lowest BCUT2D eigenvalue weighted by Crippen LogP contribution is -2.46. The Labute approximate surface area is 122 Å². The first-order chi connectivity index (χ1) is 9.99. The van der Waals surface area contributed by atoms with Crippen molar-refractivity contribution in [3.8, 4) is 0 Å². The summed E-state index contributed by atoms with van der Waals surface area (Å²) in [5.41, 5.74) is 0.563. The van der Waals surface area contributed by atoms with Crippen LogP contribution in [0.5, 0.6) is 0 Å². The number of rotatable bonds is 2. The van der Waals surface area contributed by atoms with E-state index >= 15 is 0 Å². The average Bonchev–Trinajstić information content (AvgIpc) is 2.83. The van der Waals surface area contributed by atoms with E-state index in [1.165, 1.54) is 10.8 Å². The van der Waals surface area contributed by atoms with E-state index in [1.807, 2.05) is 0 Å². The highest BCUT2D eigenvalue weighted by Gasteiger charge is 2.33. The molecule has 6 nitrogen and oxygen atoms in total. The molecule has 2 heterocycles. The molecule has 21 heavy (non-hydrogen) atoms. The fraction of sp³-hybridized carbons (Fsp3) is 0.533. The van der Waals surface area contributed by atoms with Gasteiger partial charge in [0.05, 0.1) is 5.56 Å². The Morgan fingerprint density at radius 2 is 2.29 bits per heavy atom. The molecule has 1 fully saturated rings. The molecule has 2 aromatic heterocycles. The lowest BCUT2D eigenvalue weighted by Gasteiger charge is -2.39. The molecule has 0 unspecified atom stereocenters. The number of nitrogens with zero attached hydrogens (tertiary/aromatic N) is 2. The summed E-state index contributed by atoms with van der Waals surface area (Å²) in [6, 6.07) is 3.54. The maximum absolute atomic E-state index is 12.5. The summed E-state index contributed by atoms with van der Waals surface area (Å²) >= 11 is 0. The second-order valence-corrected chi connectivity index (χ2v) is 6.40. The predicted octanol–water partition coefficient (Wildman–Crippen LogP) is 1.72. The van der Waals surface area contributed by atoms with Crippen LogP contribution in [0.3, 0.4) is 0 Å². The first-order valence-corrected chi connectivity index (χ1v) is 7.36. The van der Waals surface area contributed by atoms with Crippen LogP contribution in [-0.4, -0.2) is 26.5 Å². The highest BCUT2D eigenvalue weighted by atomic mass is 16.2. The molecule has 3 rings (SSSR count). The molecular formula is C15H20N4O2. The zero-order chi connectivity index (χ0) is 15.0. The summed E-state index contributed by atoms with van der Waals surface area (Å²) in [7, 11) is 0. The van der Waals surface area contributed by atoms with Crippen LogP contribution in [0.15, 0.2) is 23.1 Å². The number of hydrogen-bond donors (Lipinski definition) is 2. The molecule has 2 N–H and O–H groups in total. The molecule has 0 bridgehead atoms. The Hall–Kier alpha value is -2.11. The van der Waals surface area contributed by atoms with E-state index in [9.17, 15) is 9.59 Å². The van der Waals surface area contributed by atoms with Gasteiger partial charge in [-0.2, -0.15) is 5.10 Å². The number of carbonyl (C=O) groups excluding carboxylic acids is 1. The Kier molecular flexibility index (Phi) is 3.31. The Bertz CT molecular complexity index is 729. The standard InChI is InChI=1S/C15H20N4O2/c1-15(2)8-4-3-7-11(15)16-13(20)10-6-5-9-19-12(10)17-18-14(19)21/h5-6,9,11H,3-4,7-8H2,1-2H3,(H,16,20)(H,18,21)/t11-/m0/s1.